The molecule has 0 saturated carbocycles. The Labute approximate surface area is 286 Å². The molecular formula is C36H30Cl4F2O4. The number of carbonyl (C=O) groups excluding carboxylic acids is 2. The number of ether oxygens (including phenoxy) is 2. The van der Waals surface area contributed by atoms with Crippen LogP contribution in [0.2, 0.25) is 20.1 Å². The highest BCUT2D eigenvalue weighted by atomic mass is 35.5. The number of rotatable bonds is 4. The molecule has 4 nitrogen and oxygen atoms in total. The quantitative estimate of drug-likeness (QED) is 0.198. The highest BCUT2D eigenvalue weighted by Crippen LogP contribution is 2.45. The summed E-state index contributed by atoms with van der Waals surface area (Å²) in [6, 6.07) is 23.9. The Hall–Kier alpha value is -3.16. The second-order valence-electron chi connectivity index (χ2n) is 11.7. The van der Waals surface area contributed by atoms with Gasteiger partial charge in [-0.25, -0.2) is 8.78 Å². The fourth-order valence-electron chi connectivity index (χ4n) is 5.92. The molecule has 4 aromatic rings. The largest absolute Gasteiger partial charge is 0.457 e. The van der Waals surface area contributed by atoms with E-state index in [2.05, 4.69) is 0 Å². The summed E-state index contributed by atoms with van der Waals surface area (Å²) < 4.78 is 38.8. The van der Waals surface area contributed by atoms with Gasteiger partial charge in [0.05, 0.1) is 21.9 Å². The average Bonchev–Trinajstić information content (AvgIpc) is 3.02. The molecule has 6 rings (SSSR count). The highest BCUT2D eigenvalue weighted by molar-refractivity contribution is 6.31. The Morgan fingerprint density at radius 3 is 1.30 bits per heavy atom. The lowest BCUT2D eigenvalue weighted by molar-refractivity contribution is -0.162. The number of esters is 2. The minimum Gasteiger partial charge on any atom is -0.457 e. The number of halogens is 6. The zero-order valence-electron chi connectivity index (χ0n) is 24.9. The van der Waals surface area contributed by atoms with E-state index >= 15 is 0 Å². The summed E-state index contributed by atoms with van der Waals surface area (Å²) in [5.41, 5.74) is 3.13. The van der Waals surface area contributed by atoms with E-state index in [1.54, 1.807) is 24.3 Å². The number of hydrogen-bond acceptors (Lipinski definition) is 4. The van der Waals surface area contributed by atoms with Gasteiger partial charge in [0.1, 0.15) is 23.8 Å². The summed E-state index contributed by atoms with van der Waals surface area (Å²) in [6.45, 7) is 3.66. The highest BCUT2D eigenvalue weighted by Gasteiger charge is 2.39. The van der Waals surface area contributed by atoms with Crippen LogP contribution in [0, 0.1) is 23.5 Å². The van der Waals surface area contributed by atoms with E-state index in [1.807, 2.05) is 50.2 Å². The molecule has 6 atom stereocenters. The van der Waals surface area contributed by atoms with Gasteiger partial charge in [0.15, 0.2) is 0 Å². The van der Waals surface area contributed by atoms with E-state index in [9.17, 15) is 18.4 Å². The first kappa shape index (κ1) is 34.2. The zero-order valence-corrected chi connectivity index (χ0v) is 27.9. The lowest BCUT2D eigenvalue weighted by Crippen LogP contribution is -2.30. The Balaban J connectivity index is 0.000000181. The molecule has 46 heavy (non-hydrogen) atoms. The molecule has 2 aliphatic rings. The van der Waals surface area contributed by atoms with Crippen LogP contribution < -0.4 is 0 Å². The molecule has 2 saturated heterocycles. The summed E-state index contributed by atoms with van der Waals surface area (Å²) in [5.74, 6) is -2.19. The lowest BCUT2D eigenvalue weighted by Gasteiger charge is -2.35. The van der Waals surface area contributed by atoms with Gasteiger partial charge < -0.3 is 9.47 Å². The molecule has 0 radical (unpaired) electrons. The molecule has 240 valence electrons. The third kappa shape index (κ3) is 7.86. The van der Waals surface area contributed by atoms with Crippen LogP contribution in [0.25, 0.3) is 0 Å². The molecule has 4 aromatic carbocycles. The summed E-state index contributed by atoms with van der Waals surface area (Å²) >= 11 is 23.7. The van der Waals surface area contributed by atoms with Crippen molar-refractivity contribution in [3.05, 3.63) is 139 Å². The van der Waals surface area contributed by atoms with Gasteiger partial charge in [-0.3, -0.25) is 9.59 Å². The maximum atomic E-state index is 13.8. The number of benzene rings is 4. The van der Waals surface area contributed by atoms with Gasteiger partial charge in [-0.05, 0) is 83.6 Å². The predicted octanol–water partition coefficient (Wildman–Crippen LogP) is 11.1. The molecule has 0 unspecified atom stereocenters. The molecule has 2 fully saturated rings. The Morgan fingerprint density at radius 2 is 0.957 bits per heavy atom. The van der Waals surface area contributed by atoms with E-state index in [4.69, 9.17) is 55.9 Å². The first-order chi connectivity index (χ1) is 21.9. The summed E-state index contributed by atoms with van der Waals surface area (Å²) in [7, 11) is 0. The standard InChI is InChI=1S/2C18H15Cl2FO2/c2*1-10-7-14(11-3-2-4-13(19)8-11)17(23-18(10)22)12-5-6-15(20)16(21)9-12/h2*2-6,8-10,14,17H,7H2,1H3/t10-,14+,17-;10-,14-,17+/m01/s1. The van der Waals surface area contributed by atoms with Crippen LogP contribution in [0.15, 0.2) is 84.9 Å². The second-order valence-corrected chi connectivity index (χ2v) is 13.3. The van der Waals surface area contributed by atoms with Gasteiger partial charge in [-0.15, -0.1) is 0 Å². The van der Waals surface area contributed by atoms with Crippen LogP contribution in [0.1, 0.15) is 73.0 Å². The van der Waals surface area contributed by atoms with Gasteiger partial charge in [-0.1, -0.05) is 96.6 Å². The molecule has 0 amide bonds. The van der Waals surface area contributed by atoms with Gasteiger partial charge in [0, 0.05) is 21.9 Å². The Kier molecular flexibility index (Phi) is 10.9. The van der Waals surface area contributed by atoms with Gasteiger partial charge in [-0.2, -0.15) is 0 Å². The molecule has 0 bridgehead atoms. The van der Waals surface area contributed by atoms with Crippen molar-refractivity contribution in [2.45, 2.75) is 50.7 Å². The molecule has 10 heteroatoms. The van der Waals surface area contributed by atoms with Crippen molar-refractivity contribution in [2.24, 2.45) is 11.8 Å². The third-order valence-corrected chi connectivity index (χ3v) is 9.42. The maximum absolute atomic E-state index is 13.8. The molecule has 2 heterocycles. The van der Waals surface area contributed by atoms with Gasteiger partial charge in [0.25, 0.3) is 0 Å². The van der Waals surface area contributed by atoms with Crippen LogP contribution in [0.4, 0.5) is 8.78 Å². The fourth-order valence-corrected chi connectivity index (χ4v) is 6.56. The van der Waals surface area contributed by atoms with Crippen molar-refractivity contribution in [1.82, 2.24) is 0 Å². The van der Waals surface area contributed by atoms with Gasteiger partial charge in [0.2, 0.25) is 0 Å². The van der Waals surface area contributed by atoms with E-state index in [1.165, 1.54) is 24.3 Å². The SMILES string of the molecule is C[C@@H]1C[C@H](c2cccc(Cl)c2)[C@H](c2ccc(Cl)c(F)c2)OC1=O.C[C@H]1C[C@H](c2cccc(Cl)c2)[C@H](c2ccc(Cl)c(F)c2)OC1=O. The van der Waals surface area contributed by atoms with E-state index in [0.717, 1.165) is 11.1 Å². The Bertz CT molecular complexity index is 1620. The van der Waals surface area contributed by atoms with Crippen molar-refractivity contribution in [2.75, 3.05) is 0 Å². The van der Waals surface area contributed by atoms with Crippen molar-refractivity contribution >= 4 is 58.3 Å². The summed E-state index contributed by atoms with van der Waals surface area (Å²) in [4.78, 5) is 24.0. The van der Waals surface area contributed by atoms with E-state index in [-0.39, 0.29) is 45.7 Å². The van der Waals surface area contributed by atoms with Crippen molar-refractivity contribution < 1.29 is 27.8 Å². The minimum absolute atomic E-state index is 0.0450. The predicted molar refractivity (Wildman–Crippen MR) is 176 cm³/mol. The summed E-state index contributed by atoms with van der Waals surface area (Å²) in [5, 5.41) is 1.33. The van der Waals surface area contributed by atoms with Crippen molar-refractivity contribution in [1.29, 1.82) is 0 Å². The van der Waals surface area contributed by atoms with Crippen LogP contribution in [-0.2, 0) is 19.1 Å². The molecular weight excluding hydrogens is 676 g/mol. The number of cyclic esters (lactones) is 2. The molecule has 0 N–H and O–H groups in total. The Morgan fingerprint density at radius 1 is 0.565 bits per heavy atom. The monoisotopic (exact) mass is 704 g/mol. The fraction of sp³-hybridized carbons (Fsp3) is 0.278. The number of hydrogen-bond donors (Lipinski definition) is 0. The molecule has 0 spiro atoms. The topological polar surface area (TPSA) is 52.6 Å². The van der Waals surface area contributed by atoms with Crippen molar-refractivity contribution in [3.8, 4) is 0 Å². The first-order valence-electron chi connectivity index (χ1n) is 14.7. The minimum atomic E-state index is -0.552. The second kappa shape index (κ2) is 14.7. The normalized spacial score (nSPS) is 24.3. The van der Waals surface area contributed by atoms with Crippen LogP contribution in [0.5, 0.6) is 0 Å². The van der Waals surface area contributed by atoms with Crippen molar-refractivity contribution in [3.63, 3.8) is 0 Å². The molecule has 0 aliphatic carbocycles. The number of carbonyl (C=O) groups is 2. The zero-order chi connectivity index (χ0) is 33.1. The van der Waals surface area contributed by atoms with E-state index < -0.39 is 23.8 Å². The van der Waals surface area contributed by atoms with Crippen LogP contribution in [-0.4, -0.2) is 11.9 Å². The third-order valence-electron chi connectivity index (χ3n) is 8.33. The maximum Gasteiger partial charge on any atom is 0.309 e. The van der Waals surface area contributed by atoms with Gasteiger partial charge >= 0.3 is 11.9 Å². The smallest absolute Gasteiger partial charge is 0.309 e. The molecule has 2 aliphatic heterocycles. The van der Waals surface area contributed by atoms with Crippen LogP contribution in [0.3, 0.4) is 0 Å². The van der Waals surface area contributed by atoms with E-state index in [0.29, 0.717) is 34.0 Å². The molecule has 0 aromatic heterocycles. The summed E-state index contributed by atoms with van der Waals surface area (Å²) in [6.07, 6.45) is 0.134. The van der Waals surface area contributed by atoms with Crippen LogP contribution >= 0.6 is 46.4 Å². The first-order valence-corrected chi connectivity index (χ1v) is 16.2. The average molecular weight is 706 g/mol. The lowest BCUT2D eigenvalue weighted by atomic mass is 9.80.